The molecule has 5 nitrogen and oxygen atoms in total. The van der Waals surface area contributed by atoms with Crippen LogP contribution in [0.2, 0.25) is 5.28 Å². The average molecular weight is 380 g/mol. The van der Waals surface area contributed by atoms with Gasteiger partial charge < -0.3 is 10.1 Å². The fourth-order valence-corrected chi connectivity index (χ4v) is 3.62. The number of esters is 1. The number of fused-ring (bicyclic) bond motifs is 1. The molecule has 0 atom stereocenters. The van der Waals surface area contributed by atoms with Gasteiger partial charge in [-0.25, -0.2) is 14.2 Å². The first-order valence-electron chi connectivity index (χ1n) is 7.66. The SMILES string of the molecule is CCCOC(=O)c1sc2nc(Cl)nc(Nc3ccc(F)cc3)c2c1C. The highest BCUT2D eigenvalue weighted by Crippen LogP contribution is 2.36. The Balaban J connectivity index is 2.04. The summed E-state index contributed by atoms with van der Waals surface area (Å²) >= 11 is 7.22. The molecule has 0 aliphatic heterocycles. The summed E-state index contributed by atoms with van der Waals surface area (Å²) in [6.07, 6.45) is 0.749. The zero-order valence-electron chi connectivity index (χ0n) is 13.6. The fourth-order valence-electron chi connectivity index (χ4n) is 2.33. The van der Waals surface area contributed by atoms with E-state index in [0.29, 0.717) is 33.2 Å². The number of benzene rings is 1. The van der Waals surface area contributed by atoms with E-state index < -0.39 is 0 Å². The molecule has 0 unspecified atom stereocenters. The monoisotopic (exact) mass is 379 g/mol. The van der Waals surface area contributed by atoms with Crippen LogP contribution in [0.3, 0.4) is 0 Å². The summed E-state index contributed by atoms with van der Waals surface area (Å²) in [5, 5.41) is 3.86. The van der Waals surface area contributed by atoms with Crippen LogP contribution in [-0.4, -0.2) is 22.5 Å². The first kappa shape index (κ1) is 17.6. The number of anilines is 2. The molecular formula is C17H15ClFN3O2S. The first-order valence-corrected chi connectivity index (χ1v) is 8.85. The number of nitrogens with zero attached hydrogens (tertiary/aromatic N) is 2. The summed E-state index contributed by atoms with van der Waals surface area (Å²) in [4.78, 5) is 21.7. The van der Waals surface area contributed by atoms with Crippen molar-refractivity contribution in [1.29, 1.82) is 0 Å². The molecule has 0 radical (unpaired) electrons. The van der Waals surface area contributed by atoms with Gasteiger partial charge in [-0.05, 0) is 54.8 Å². The van der Waals surface area contributed by atoms with Gasteiger partial charge in [0.15, 0.2) is 0 Å². The van der Waals surface area contributed by atoms with Gasteiger partial charge in [0.2, 0.25) is 5.28 Å². The van der Waals surface area contributed by atoms with Crippen molar-refractivity contribution in [2.24, 2.45) is 0 Å². The summed E-state index contributed by atoms with van der Waals surface area (Å²) in [5.74, 6) is -0.250. The largest absolute Gasteiger partial charge is 0.462 e. The second-order valence-electron chi connectivity index (χ2n) is 5.35. The summed E-state index contributed by atoms with van der Waals surface area (Å²) in [5.41, 5.74) is 1.38. The molecule has 25 heavy (non-hydrogen) atoms. The Bertz CT molecular complexity index is 928. The maximum Gasteiger partial charge on any atom is 0.348 e. The number of nitrogens with one attached hydrogen (secondary N) is 1. The summed E-state index contributed by atoms with van der Waals surface area (Å²) in [7, 11) is 0. The number of hydrogen-bond donors (Lipinski definition) is 1. The van der Waals surface area contributed by atoms with E-state index in [1.807, 2.05) is 13.8 Å². The van der Waals surface area contributed by atoms with E-state index in [4.69, 9.17) is 16.3 Å². The van der Waals surface area contributed by atoms with Gasteiger partial charge in [-0.2, -0.15) is 4.98 Å². The van der Waals surface area contributed by atoms with Crippen LogP contribution < -0.4 is 5.32 Å². The van der Waals surface area contributed by atoms with Gasteiger partial charge in [-0.3, -0.25) is 0 Å². The van der Waals surface area contributed by atoms with Gasteiger partial charge in [0.05, 0.1) is 12.0 Å². The first-order chi connectivity index (χ1) is 12.0. The molecule has 8 heteroatoms. The number of rotatable bonds is 5. The third-order valence-electron chi connectivity index (χ3n) is 3.49. The molecule has 1 aromatic carbocycles. The number of carbonyl (C=O) groups is 1. The Morgan fingerprint density at radius 2 is 2.04 bits per heavy atom. The third kappa shape index (κ3) is 3.72. The molecule has 0 saturated carbocycles. The number of halogens is 2. The second kappa shape index (κ2) is 7.33. The Morgan fingerprint density at radius 1 is 1.32 bits per heavy atom. The Hall–Kier alpha value is -2.25. The predicted octanol–water partition coefficient (Wildman–Crippen LogP) is 5.10. The molecule has 0 saturated heterocycles. The van der Waals surface area contributed by atoms with E-state index in [-0.39, 0.29) is 17.1 Å². The maximum absolute atomic E-state index is 13.1. The van der Waals surface area contributed by atoms with Crippen molar-refractivity contribution >= 4 is 50.6 Å². The molecule has 130 valence electrons. The van der Waals surface area contributed by atoms with Crippen molar-refractivity contribution < 1.29 is 13.9 Å². The summed E-state index contributed by atoms with van der Waals surface area (Å²) in [6.45, 7) is 4.11. The topological polar surface area (TPSA) is 64.1 Å². The van der Waals surface area contributed by atoms with Gasteiger partial charge >= 0.3 is 5.97 Å². The van der Waals surface area contributed by atoms with E-state index in [1.54, 1.807) is 12.1 Å². The molecule has 3 aromatic rings. The molecule has 0 spiro atoms. The van der Waals surface area contributed by atoms with Crippen LogP contribution in [0.15, 0.2) is 24.3 Å². The van der Waals surface area contributed by atoms with E-state index in [2.05, 4.69) is 15.3 Å². The zero-order chi connectivity index (χ0) is 18.0. The molecule has 0 fully saturated rings. The van der Waals surface area contributed by atoms with E-state index in [0.717, 1.165) is 12.0 Å². The van der Waals surface area contributed by atoms with Crippen LogP contribution >= 0.6 is 22.9 Å². The van der Waals surface area contributed by atoms with Crippen molar-refractivity contribution in [3.05, 3.63) is 45.8 Å². The van der Waals surface area contributed by atoms with Crippen molar-refractivity contribution in [2.75, 3.05) is 11.9 Å². The normalized spacial score (nSPS) is 10.9. The molecule has 0 bridgehead atoms. The summed E-state index contributed by atoms with van der Waals surface area (Å²) in [6, 6.07) is 5.87. The molecule has 0 aliphatic rings. The molecule has 0 aliphatic carbocycles. The number of thiophene rings is 1. The lowest BCUT2D eigenvalue weighted by atomic mass is 10.2. The highest BCUT2D eigenvalue weighted by Gasteiger charge is 2.21. The molecular weight excluding hydrogens is 365 g/mol. The van der Waals surface area contributed by atoms with Gasteiger partial charge in [-0.1, -0.05) is 6.92 Å². The minimum absolute atomic E-state index is 0.0619. The summed E-state index contributed by atoms with van der Waals surface area (Å²) < 4.78 is 18.3. The Kier molecular flexibility index (Phi) is 5.15. The van der Waals surface area contributed by atoms with Crippen LogP contribution in [-0.2, 0) is 4.74 Å². The van der Waals surface area contributed by atoms with Gasteiger partial charge in [0.1, 0.15) is 21.3 Å². The second-order valence-corrected chi connectivity index (χ2v) is 6.68. The number of aryl methyl sites for hydroxylation is 1. The standard InChI is InChI=1S/C17H15ClFN3O2S/c1-3-8-24-16(23)13-9(2)12-14(21-17(18)22-15(12)25-13)20-11-6-4-10(19)5-7-11/h4-7H,3,8H2,1-2H3,(H,20,21,22). The van der Waals surface area contributed by atoms with E-state index in [1.165, 1.54) is 23.5 Å². The predicted molar refractivity (Wildman–Crippen MR) is 97.4 cm³/mol. The lowest BCUT2D eigenvalue weighted by Crippen LogP contribution is -2.05. The number of aromatic nitrogens is 2. The fraction of sp³-hybridized carbons (Fsp3) is 0.235. The minimum Gasteiger partial charge on any atom is -0.462 e. The molecule has 3 rings (SSSR count). The van der Waals surface area contributed by atoms with Crippen LogP contribution in [0, 0.1) is 12.7 Å². The van der Waals surface area contributed by atoms with E-state index >= 15 is 0 Å². The molecule has 1 N–H and O–H groups in total. The van der Waals surface area contributed by atoms with Crippen molar-refractivity contribution in [3.63, 3.8) is 0 Å². The third-order valence-corrected chi connectivity index (χ3v) is 4.83. The lowest BCUT2D eigenvalue weighted by Gasteiger charge is -2.08. The number of carbonyl (C=O) groups excluding carboxylic acids is 1. The highest BCUT2D eigenvalue weighted by molar-refractivity contribution is 7.20. The van der Waals surface area contributed by atoms with Crippen LogP contribution in [0.5, 0.6) is 0 Å². The van der Waals surface area contributed by atoms with Crippen LogP contribution in [0.4, 0.5) is 15.9 Å². The number of hydrogen-bond acceptors (Lipinski definition) is 6. The van der Waals surface area contributed by atoms with Crippen LogP contribution in [0.1, 0.15) is 28.6 Å². The molecule has 2 heterocycles. The Morgan fingerprint density at radius 3 is 2.72 bits per heavy atom. The van der Waals surface area contributed by atoms with Crippen molar-refractivity contribution in [3.8, 4) is 0 Å². The van der Waals surface area contributed by atoms with Gasteiger partial charge in [-0.15, -0.1) is 11.3 Å². The van der Waals surface area contributed by atoms with Crippen molar-refractivity contribution in [2.45, 2.75) is 20.3 Å². The van der Waals surface area contributed by atoms with E-state index in [9.17, 15) is 9.18 Å². The van der Waals surface area contributed by atoms with Crippen molar-refractivity contribution in [1.82, 2.24) is 9.97 Å². The molecule has 2 aromatic heterocycles. The average Bonchev–Trinajstić information content (AvgIpc) is 2.91. The van der Waals surface area contributed by atoms with Gasteiger partial charge in [0.25, 0.3) is 0 Å². The minimum atomic E-state index is -0.383. The highest BCUT2D eigenvalue weighted by atomic mass is 35.5. The smallest absolute Gasteiger partial charge is 0.348 e. The maximum atomic E-state index is 13.1. The number of ether oxygens (including phenoxy) is 1. The van der Waals surface area contributed by atoms with Gasteiger partial charge in [0, 0.05) is 5.69 Å². The molecule has 0 amide bonds. The lowest BCUT2D eigenvalue weighted by molar-refractivity contribution is 0.0510. The Labute approximate surface area is 152 Å². The zero-order valence-corrected chi connectivity index (χ0v) is 15.2. The van der Waals surface area contributed by atoms with Crippen LogP contribution in [0.25, 0.3) is 10.2 Å². The quantitative estimate of drug-likeness (QED) is 0.493.